The SMILES string of the molecule is CCOC(=O)Oc1c(OC)ccnc1C(=O)N[C@@H](C)C(=O)OC1CCCc2cc(F)ccc2C1C. The zero-order valence-electron chi connectivity index (χ0n) is 20.1. The van der Waals surface area contributed by atoms with E-state index in [1.165, 1.54) is 38.4 Å². The van der Waals surface area contributed by atoms with Crippen molar-refractivity contribution in [1.29, 1.82) is 0 Å². The summed E-state index contributed by atoms with van der Waals surface area (Å²) in [5.41, 5.74) is 1.60. The van der Waals surface area contributed by atoms with Gasteiger partial charge in [-0.1, -0.05) is 13.0 Å². The molecule has 3 atom stereocenters. The average Bonchev–Trinajstić information content (AvgIpc) is 2.97. The number of nitrogens with zero attached hydrogens (tertiary/aromatic N) is 1. The molecule has 3 rings (SSSR count). The number of methoxy groups -OCH3 is 1. The van der Waals surface area contributed by atoms with E-state index in [9.17, 15) is 18.8 Å². The first-order valence-electron chi connectivity index (χ1n) is 11.4. The molecule has 0 spiro atoms. The Morgan fingerprint density at radius 1 is 1.26 bits per heavy atom. The van der Waals surface area contributed by atoms with E-state index in [-0.39, 0.29) is 35.5 Å². The molecule has 2 unspecified atom stereocenters. The molecule has 0 fully saturated rings. The lowest BCUT2D eigenvalue weighted by molar-refractivity contribution is -0.152. The molecule has 2 aromatic rings. The van der Waals surface area contributed by atoms with Gasteiger partial charge in [-0.25, -0.2) is 19.0 Å². The van der Waals surface area contributed by atoms with Gasteiger partial charge in [0.1, 0.15) is 18.0 Å². The minimum Gasteiger partial charge on any atom is -0.493 e. The Hall–Kier alpha value is -3.69. The first kappa shape index (κ1) is 25.9. The molecular weight excluding hydrogens is 459 g/mol. The maximum atomic E-state index is 13.6. The first-order valence-corrected chi connectivity index (χ1v) is 11.4. The van der Waals surface area contributed by atoms with Gasteiger partial charge < -0.3 is 24.3 Å². The summed E-state index contributed by atoms with van der Waals surface area (Å²) in [6.07, 6.45) is 1.90. The monoisotopic (exact) mass is 488 g/mol. The van der Waals surface area contributed by atoms with Crippen molar-refractivity contribution in [3.05, 3.63) is 53.1 Å². The number of esters is 1. The summed E-state index contributed by atoms with van der Waals surface area (Å²) in [7, 11) is 1.34. The van der Waals surface area contributed by atoms with Gasteiger partial charge in [0.25, 0.3) is 5.91 Å². The molecule has 0 aliphatic heterocycles. The number of benzene rings is 1. The Morgan fingerprint density at radius 2 is 2.03 bits per heavy atom. The zero-order valence-corrected chi connectivity index (χ0v) is 20.1. The van der Waals surface area contributed by atoms with Gasteiger partial charge in [-0.3, -0.25) is 4.79 Å². The maximum Gasteiger partial charge on any atom is 0.514 e. The van der Waals surface area contributed by atoms with E-state index in [1.807, 2.05) is 6.92 Å². The fourth-order valence-electron chi connectivity index (χ4n) is 4.00. The number of halogens is 1. The number of carbonyl (C=O) groups excluding carboxylic acids is 3. The Bertz CT molecular complexity index is 1090. The molecule has 1 heterocycles. The number of amides is 1. The molecule has 1 aromatic heterocycles. The van der Waals surface area contributed by atoms with Crippen molar-refractivity contribution in [3.63, 3.8) is 0 Å². The van der Waals surface area contributed by atoms with Crippen LogP contribution in [0, 0.1) is 5.82 Å². The number of aryl methyl sites for hydroxylation is 1. The second kappa shape index (κ2) is 11.6. The summed E-state index contributed by atoms with van der Waals surface area (Å²) in [5, 5.41) is 2.53. The Kier molecular flexibility index (Phi) is 8.62. The highest BCUT2D eigenvalue weighted by Crippen LogP contribution is 2.33. The second-order valence-corrected chi connectivity index (χ2v) is 8.17. The third-order valence-electron chi connectivity index (χ3n) is 5.81. The van der Waals surface area contributed by atoms with Gasteiger partial charge in [0, 0.05) is 18.2 Å². The lowest BCUT2D eigenvalue weighted by Gasteiger charge is -2.25. The smallest absolute Gasteiger partial charge is 0.493 e. The number of rotatable bonds is 7. The van der Waals surface area contributed by atoms with E-state index in [0.717, 1.165) is 17.5 Å². The number of carbonyl (C=O) groups is 3. The van der Waals surface area contributed by atoms with E-state index >= 15 is 0 Å². The number of pyridine rings is 1. The van der Waals surface area contributed by atoms with Gasteiger partial charge in [-0.05, 0) is 56.4 Å². The third-order valence-corrected chi connectivity index (χ3v) is 5.81. The highest BCUT2D eigenvalue weighted by Gasteiger charge is 2.31. The van der Waals surface area contributed by atoms with E-state index in [4.69, 9.17) is 18.9 Å². The predicted octanol–water partition coefficient (Wildman–Crippen LogP) is 3.93. The zero-order chi connectivity index (χ0) is 25.5. The van der Waals surface area contributed by atoms with Crippen LogP contribution in [0.1, 0.15) is 61.1 Å². The van der Waals surface area contributed by atoms with Crippen molar-refractivity contribution in [1.82, 2.24) is 10.3 Å². The molecule has 0 radical (unpaired) electrons. The summed E-state index contributed by atoms with van der Waals surface area (Å²) in [6.45, 7) is 5.10. The molecule has 0 bridgehead atoms. The number of nitrogens with one attached hydrogen (secondary N) is 1. The van der Waals surface area contributed by atoms with Crippen LogP contribution < -0.4 is 14.8 Å². The van der Waals surface area contributed by atoms with E-state index in [0.29, 0.717) is 12.8 Å². The lowest BCUT2D eigenvalue weighted by atomic mass is 9.92. The van der Waals surface area contributed by atoms with Gasteiger partial charge in [0.2, 0.25) is 5.75 Å². The standard InChI is InChI=1S/C25H29FN2O7/c1-5-33-25(31)35-22-20(32-4)11-12-27-21(22)23(29)28-15(3)24(30)34-19-8-6-7-16-13-17(26)9-10-18(16)14(19)2/h9-15,19H,5-8H2,1-4H3,(H,28,29)/t14?,15-,19?/m0/s1. The molecule has 0 saturated carbocycles. The minimum absolute atomic E-state index is 0.0742. The fourth-order valence-corrected chi connectivity index (χ4v) is 4.00. The van der Waals surface area contributed by atoms with Crippen LogP contribution in [0.25, 0.3) is 0 Å². The summed E-state index contributed by atoms with van der Waals surface area (Å²) in [5.74, 6) is -1.95. The molecule has 1 N–H and O–H groups in total. The topological polar surface area (TPSA) is 113 Å². The normalized spacial score (nSPS) is 17.9. The van der Waals surface area contributed by atoms with Crippen LogP contribution >= 0.6 is 0 Å². The highest BCUT2D eigenvalue weighted by molar-refractivity contribution is 5.98. The second-order valence-electron chi connectivity index (χ2n) is 8.17. The Labute approximate surface area is 202 Å². The molecule has 1 aromatic carbocycles. The number of hydrogen-bond donors (Lipinski definition) is 1. The molecule has 1 aliphatic rings. The van der Waals surface area contributed by atoms with Crippen LogP contribution in [-0.4, -0.2) is 48.9 Å². The van der Waals surface area contributed by atoms with Crippen molar-refractivity contribution in [2.45, 2.75) is 58.1 Å². The quantitative estimate of drug-likeness (QED) is 0.461. The summed E-state index contributed by atoms with van der Waals surface area (Å²) in [6, 6.07) is 5.05. The van der Waals surface area contributed by atoms with Crippen molar-refractivity contribution in [2.75, 3.05) is 13.7 Å². The van der Waals surface area contributed by atoms with Gasteiger partial charge in [-0.15, -0.1) is 0 Å². The predicted molar refractivity (Wildman–Crippen MR) is 123 cm³/mol. The third kappa shape index (κ3) is 6.26. The summed E-state index contributed by atoms with van der Waals surface area (Å²) >= 11 is 0. The minimum atomic E-state index is -1.03. The van der Waals surface area contributed by atoms with Gasteiger partial charge in [-0.2, -0.15) is 0 Å². The number of hydrogen-bond acceptors (Lipinski definition) is 8. The van der Waals surface area contributed by atoms with Crippen LogP contribution in [0.3, 0.4) is 0 Å². The van der Waals surface area contributed by atoms with Crippen molar-refractivity contribution < 1.29 is 37.7 Å². The molecule has 0 saturated heterocycles. The van der Waals surface area contributed by atoms with Crippen molar-refractivity contribution in [3.8, 4) is 11.5 Å². The van der Waals surface area contributed by atoms with E-state index < -0.39 is 30.2 Å². The highest BCUT2D eigenvalue weighted by atomic mass is 19.1. The number of aromatic nitrogens is 1. The van der Waals surface area contributed by atoms with Crippen molar-refractivity contribution in [2.24, 2.45) is 0 Å². The summed E-state index contributed by atoms with van der Waals surface area (Å²) < 4.78 is 34.4. The lowest BCUT2D eigenvalue weighted by Crippen LogP contribution is -2.42. The van der Waals surface area contributed by atoms with Gasteiger partial charge in [0.05, 0.1) is 13.7 Å². The van der Waals surface area contributed by atoms with Gasteiger partial charge >= 0.3 is 12.1 Å². The molecule has 1 amide bonds. The summed E-state index contributed by atoms with van der Waals surface area (Å²) in [4.78, 5) is 41.5. The van der Waals surface area contributed by atoms with E-state index in [2.05, 4.69) is 10.3 Å². The van der Waals surface area contributed by atoms with Crippen LogP contribution in [0.4, 0.5) is 9.18 Å². The Balaban J connectivity index is 1.70. The Morgan fingerprint density at radius 3 is 2.74 bits per heavy atom. The average molecular weight is 489 g/mol. The van der Waals surface area contributed by atoms with E-state index in [1.54, 1.807) is 13.0 Å². The molecule has 10 heteroatoms. The molecule has 9 nitrogen and oxygen atoms in total. The van der Waals surface area contributed by atoms with Gasteiger partial charge in [0.15, 0.2) is 11.4 Å². The molecule has 1 aliphatic carbocycles. The largest absolute Gasteiger partial charge is 0.514 e. The first-order chi connectivity index (χ1) is 16.7. The maximum absolute atomic E-state index is 13.6. The molecule has 188 valence electrons. The molecule has 35 heavy (non-hydrogen) atoms. The number of fused-ring (bicyclic) bond motifs is 1. The van der Waals surface area contributed by atoms with Crippen molar-refractivity contribution >= 4 is 18.0 Å². The van der Waals surface area contributed by atoms with Crippen LogP contribution in [0.15, 0.2) is 30.5 Å². The van der Waals surface area contributed by atoms with Crippen LogP contribution in [-0.2, 0) is 20.7 Å². The van der Waals surface area contributed by atoms with Crippen LogP contribution in [0.2, 0.25) is 0 Å². The number of ether oxygens (including phenoxy) is 4. The fraction of sp³-hybridized carbons (Fsp3) is 0.440. The molecular formula is C25H29FN2O7. The van der Waals surface area contributed by atoms with Crippen LogP contribution in [0.5, 0.6) is 11.5 Å².